The van der Waals surface area contributed by atoms with E-state index in [-0.39, 0.29) is 17.1 Å². The van der Waals surface area contributed by atoms with Gasteiger partial charge in [-0.1, -0.05) is 29.8 Å². The third-order valence-electron chi connectivity index (χ3n) is 1.87. The van der Waals surface area contributed by atoms with Gasteiger partial charge in [0.2, 0.25) is 6.08 Å². The molecule has 0 aliphatic carbocycles. The standard InChI is InChI=1S/C10H8ClF2NO/c11-9-4-2-1-3-8(9)10(12,13)5-6-14-7-15/h1-4H,5-6H2. The van der Waals surface area contributed by atoms with Crippen LogP contribution in [0.5, 0.6) is 0 Å². The number of carbonyl (C=O) groups excluding carboxylic acids is 1. The van der Waals surface area contributed by atoms with Crippen LogP contribution in [-0.2, 0) is 10.7 Å². The van der Waals surface area contributed by atoms with Gasteiger partial charge in [0.05, 0.1) is 6.54 Å². The third-order valence-corrected chi connectivity index (χ3v) is 2.20. The lowest BCUT2D eigenvalue weighted by atomic mass is 10.1. The van der Waals surface area contributed by atoms with E-state index in [4.69, 9.17) is 11.6 Å². The van der Waals surface area contributed by atoms with Gasteiger partial charge in [-0.3, -0.25) is 0 Å². The van der Waals surface area contributed by atoms with Gasteiger partial charge in [-0.05, 0) is 6.07 Å². The highest BCUT2D eigenvalue weighted by Gasteiger charge is 2.32. The van der Waals surface area contributed by atoms with Crippen molar-refractivity contribution in [3.05, 3.63) is 34.9 Å². The van der Waals surface area contributed by atoms with E-state index in [0.29, 0.717) is 0 Å². The number of nitrogens with zero attached hydrogens (tertiary/aromatic N) is 1. The molecule has 0 radical (unpaired) electrons. The number of benzene rings is 1. The molecule has 0 N–H and O–H groups in total. The van der Waals surface area contributed by atoms with E-state index in [9.17, 15) is 13.6 Å². The van der Waals surface area contributed by atoms with Crippen molar-refractivity contribution in [2.75, 3.05) is 6.54 Å². The second-order valence-corrected chi connectivity index (χ2v) is 3.31. The van der Waals surface area contributed by atoms with Gasteiger partial charge < -0.3 is 0 Å². The Morgan fingerprint density at radius 2 is 2.07 bits per heavy atom. The van der Waals surface area contributed by atoms with Crippen LogP contribution in [0.1, 0.15) is 12.0 Å². The van der Waals surface area contributed by atoms with Crippen molar-refractivity contribution in [1.29, 1.82) is 0 Å². The number of halogens is 3. The van der Waals surface area contributed by atoms with Crippen LogP contribution in [-0.4, -0.2) is 12.6 Å². The molecule has 80 valence electrons. The SMILES string of the molecule is O=C=NCCC(F)(F)c1ccccc1Cl. The summed E-state index contributed by atoms with van der Waals surface area (Å²) in [6.07, 6.45) is 0.665. The molecule has 0 amide bonds. The molecule has 15 heavy (non-hydrogen) atoms. The first kappa shape index (κ1) is 11.8. The van der Waals surface area contributed by atoms with Crippen molar-refractivity contribution >= 4 is 17.7 Å². The molecule has 0 bridgehead atoms. The number of isocyanates is 1. The molecule has 0 saturated heterocycles. The van der Waals surface area contributed by atoms with E-state index in [2.05, 4.69) is 4.99 Å². The van der Waals surface area contributed by atoms with E-state index < -0.39 is 12.3 Å². The second-order valence-electron chi connectivity index (χ2n) is 2.91. The van der Waals surface area contributed by atoms with E-state index in [1.165, 1.54) is 24.3 Å². The summed E-state index contributed by atoms with van der Waals surface area (Å²) >= 11 is 5.63. The van der Waals surface area contributed by atoms with E-state index in [0.717, 1.165) is 0 Å². The number of rotatable bonds is 4. The fourth-order valence-electron chi connectivity index (χ4n) is 1.13. The fourth-order valence-corrected chi connectivity index (χ4v) is 1.41. The Morgan fingerprint density at radius 1 is 1.40 bits per heavy atom. The lowest BCUT2D eigenvalue weighted by Crippen LogP contribution is -2.15. The zero-order valence-electron chi connectivity index (χ0n) is 7.71. The monoisotopic (exact) mass is 231 g/mol. The van der Waals surface area contributed by atoms with Gasteiger partial charge in [0.1, 0.15) is 0 Å². The second kappa shape index (κ2) is 5.01. The normalized spacial score (nSPS) is 10.9. The molecule has 0 atom stereocenters. The zero-order chi connectivity index (χ0) is 11.3. The summed E-state index contributed by atoms with van der Waals surface area (Å²) < 4.78 is 26.9. The Hall–Kier alpha value is -1.25. The highest BCUT2D eigenvalue weighted by atomic mass is 35.5. The Labute approximate surface area is 90.6 Å². The lowest BCUT2D eigenvalue weighted by molar-refractivity contribution is -0.0104. The average Bonchev–Trinajstić information content (AvgIpc) is 2.18. The summed E-state index contributed by atoms with van der Waals surface area (Å²) in [5, 5.41) is 0.0117. The quantitative estimate of drug-likeness (QED) is 0.578. The minimum Gasteiger partial charge on any atom is -0.211 e. The molecular formula is C10H8ClF2NO. The summed E-state index contributed by atoms with van der Waals surface area (Å²) in [6, 6.07) is 5.71. The Bertz CT molecular complexity index is 389. The van der Waals surface area contributed by atoms with Crippen molar-refractivity contribution in [3.8, 4) is 0 Å². The predicted octanol–water partition coefficient (Wildman–Crippen LogP) is 3.16. The molecule has 1 aromatic carbocycles. The molecule has 0 saturated carbocycles. The van der Waals surface area contributed by atoms with Gasteiger partial charge in [-0.15, -0.1) is 0 Å². The molecule has 0 heterocycles. The summed E-state index contributed by atoms with van der Waals surface area (Å²) in [5.41, 5.74) is -0.243. The molecular weight excluding hydrogens is 224 g/mol. The van der Waals surface area contributed by atoms with Crippen LogP contribution in [0.25, 0.3) is 0 Å². The van der Waals surface area contributed by atoms with E-state index in [1.807, 2.05) is 0 Å². The molecule has 0 fully saturated rings. The Kier molecular flexibility index (Phi) is 3.95. The number of alkyl halides is 2. The minimum absolute atomic E-state index is 0.0117. The molecule has 0 spiro atoms. The molecule has 0 unspecified atom stereocenters. The summed E-state index contributed by atoms with van der Waals surface area (Å²) in [4.78, 5) is 12.8. The van der Waals surface area contributed by atoms with Gasteiger partial charge in [0.25, 0.3) is 5.92 Å². The van der Waals surface area contributed by atoms with Crippen molar-refractivity contribution in [2.24, 2.45) is 4.99 Å². The molecule has 5 heteroatoms. The van der Waals surface area contributed by atoms with Gasteiger partial charge >= 0.3 is 0 Å². The molecule has 0 aliphatic heterocycles. The largest absolute Gasteiger partial charge is 0.276 e. The van der Waals surface area contributed by atoms with Crippen LogP contribution in [0.15, 0.2) is 29.3 Å². The van der Waals surface area contributed by atoms with Crippen LogP contribution < -0.4 is 0 Å². The number of aliphatic imine (C=N–C) groups is 1. The summed E-state index contributed by atoms with van der Waals surface area (Å²) in [7, 11) is 0. The smallest absolute Gasteiger partial charge is 0.211 e. The first-order valence-electron chi connectivity index (χ1n) is 4.24. The lowest BCUT2D eigenvalue weighted by Gasteiger charge is -2.16. The van der Waals surface area contributed by atoms with Crippen LogP contribution in [0, 0.1) is 0 Å². The molecule has 0 aliphatic rings. The first-order valence-corrected chi connectivity index (χ1v) is 4.62. The number of hydrogen-bond acceptors (Lipinski definition) is 2. The average molecular weight is 232 g/mol. The van der Waals surface area contributed by atoms with Crippen molar-refractivity contribution in [1.82, 2.24) is 0 Å². The maximum atomic E-state index is 13.5. The van der Waals surface area contributed by atoms with Gasteiger partial charge in [0.15, 0.2) is 0 Å². The van der Waals surface area contributed by atoms with E-state index >= 15 is 0 Å². The molecule has 1 aromatic rings. The first-order chi connectivity index (χ1) is 7.08. The topological polar surface area (TPSA) is 29.4 Å². The molecule has 0 aromatic heterocycles. The maximum Gasteiger partial charge on any atom is 0.276 e. The van der Waals surface area contributed by atoms with Crippen LogP contribution in [0.3, 0.4) is 0 Å². The van der Waals surface area contributed by atoms with Gasteiger partial charge in [-0.25, -0.2) is 18.6 Å². The Balaban J connectivity index is 2.85. The highest BCUT2D eigenvalue weighted by molar-refractivity contribution is 6.31. The number of hydrogen-bond donors (Lipinski definition) is 0. The molecule has 1 rings (SSSR count). The maximum absolute atomic E-state index is 13.5. The van der Waals surface area contributed by atoms with Crippen molar-refractivity contribution in [2.45, 2.75) is 12.3 Å². The van der Waals surface area contributed by atoms with Crippen molar-refractivity contribution < 1.29 is 13.6 Å². The van der Waals surface area contributed by atoms with Crippen LogP contribution in [0.4, 0.5) is 8.78 Å². The molecule has 2 nitrogen and oxygen atoms in total. The highest BCUT2D eigenvalue weighted by Crippen LogP contribution is 2.35. The van der Waals surface area contributed by atoms with E-state index in [1.54, 1.807) is 6.07 Å². The fraction of sp³-hybridized carbons (Fsp3) is 0.300. The summed E-state index contributed by atoms with van der Waals surface area (Å²) in [5.74, 6) is -3.07. The zero-order valence-corrected chi connectivity index (χ0v) is 8.47. The van der Waals surface area contributed by atoms with Gasteiger partial charge in [-0.2, -0.15) is 0 Å². The summed E-state index contributed by atoms with van der Waals surface area (Å²) in [6.45, 7) is -0.262. The predicted molar refractivity (Wildman–Crippen MR) is 53.0 cm³/mol. The van der Waals surface area contributed by atoms with Crippen LogP contribution in [0.2, 0.25) is 5.02 Å². The third kappa shape index (κ3) is 3.11. The van der Waals surface area contributed by atoms with Crippen molar-refractivity contribution in [3.63, 3.8) is 0 Å². The Morgan fingerprint density at radius 3 is 2.67 bits per heavy atom. The minimum atomic E-state index is -3.07. The van der Waals surface area contributed by atoms with Gasteiger partial charge in [0, 0.05) is 17.0 Å². The van der Waals surface area contributed by atoms with Crippen LogP contribution >= 0.6 is 11.6 Å².